The lowest BCUT2D eigenvalue weighted by Gasteiger charge is -2.13. The highest BCUT2D eigenvalue weighted by atomic mass is 32.1. The molecule has 0 fully saturated rings. The molecule has 1 aromatic heterocycles. The Kier molecular flexibility index (Phi) is 5.86. The summed E-state index contributed by atoms with van der Waals surface area (Å²) < 4.78 is 7.04. The first-order valence-corrected chi connectivity index (χ1v) is 10.9. The van der Waals surface area contributed by atoms with E-state index < -0.39 is 0 Å². The molecular weight excluding hydrogens is 408 g/mol. The number of carbonyl (C=O) groups is 1. The summed E-state index contributed by atoms with van der Waals surface area (Å²) in [5.74, 6) is 0.677. The molecule has 0 aliphatic carbocycles. The fourth-order valence-electron chi connectivity index (χ4n) is 3.44. The predicted molar refractivity (Wildman–Crippen MR) is 126 cm³/mol. The summed E-state index contributed by atoms with van der Waals surface area (Å²) >= 11 is 1.49. The highest BCUT2D eigenvalue weighted by Crippen LogP contribution is 2.30. The number of rotatable bonds is 6. The number of amides is 1. The third-order valence-corrected chi connectivity index (χ3v) is 5.82. The number of benzene rings is 2. The van der Waals surface area contributed by atoms with Gasteiger partial charge in [0.05, 0.1) is 25.0 Å². The Hall–Kier alpha value is -3.45. The largest absolute Gasteiger partial charge is 0.497 e. The zero-order valence-electron chi connectivity index (χ0n) is 17.8. The van der Waals surface area contributed by atoms with E-state index in [1.165, 1.54) is 11.3 Å². The van der Waals surface area contributed by atoms with Crippen molar-refractivity contribution in [2.75, 3.05) is 25.1 Å². The highest BCUT2D eigenvalue weighted by Gasteiger charge is 2.33. The lowest BCUT2D eigenvalue weighted by atomic mass is 10.1. The number of aromatic nitrogens is 1. The van der Waals surface area contributed by atoms with Gasteiger partial charge in [0.15, 0.2) is 5.71 Å². The molecule has 3 aromatic rings. The molecule has 0 N–H and O–H groups in total. The molecule has 158 valence electrons. The number of ether oxygens (including phenoxy) is 1. The summed E-state index contributed by atoms with van der Waals surface area (Å²) in [5.41, 5.74) is 4.92. The Morgan fingerprint density at radius 3 is 2.58 bits per heavy atom. The van der Waals surface area contributed by atoms with Crippen molar-refractivity contribution < 1.29 is 9.53 Å². The van der Waals surface area contributed by atoms with Crippen LogP contribution in [0, 0.1) is 0 Å². The second kappa shape index (κ2) is 8.73. The van der Waals surface area contributed by atoms with Crippen molar-refractivity contribution in [1.82, 2.24) is 4.68 Å². The minimum absolute atomic E-state index is 0.103. The van der Waals surface area contributed by atoms with E-state index in [1.807, 2.05) is 67.8 Å². The van der Waals surface area contributed by atoms with Crippen LogP contribution in [-0.4, -0.2) is 36.5 Å². The van der Waals surface area contributed by atoms with E-state index in [0.717, 1.165) is 33.8 Å². The number of nitrogens with zero attached hydrogens (tertiary/aromatic N) is 4. The molecule has 7 heteroatoms. The molecule has 31 heavy (non-hydrogen) atoms. The second-order valence-corrected chi connectivity index (χ2v) is 8.07. The van der Waals surface area contributed by atoms with Crippen molar-refractivity contribution >= 4 is 28.6 Å². The Morgan fingerprint density at radius 2 is 1.90 bits per heavy atom. The summed E-state index contributed by atoms with van der Waals surface area (Å²) in [4.78, 5) is 20.3. The Labute approximate surface area is 185 Å². The molecule has 0 unspecified atom stereocenters. The van der Waals surface area contributed by atoms with Crippen LogP contribution < -0.4 is 14.4 Å². The van der Waals surface area contributed by atoms with Gasteiger partial charge in [0.2, 0.25) is 4.80 Å². The van der Waals surface area contributed by atoms with Gasteiger partial charge in [-0.15, -0.1) is 11.3 Å². The minimum atomic E-state index is -0.103. The van der Waals surface area contributed by atoms with Crippen LogP contribution in [0.1, 0.15) is 19.4 Å². The van der Waals surface area contributed by atoms with E-state index in [1.54, 1.807) is 16.7 Å². The van der Waals surface area contributed by atoms with Crippen LogP contribution in [-0.2, 0) is 4.79 Å². The van der Waals surface area contributed by atoms with Crippen molar-refractivity contribution in [2.24, 2.45) is 10.1 Å². The normalized spacial score (nSPS) is 14.9. The predicted octanol–water partition coefficient (Wildman–Crippen LogP) is 4.32. The third-order valence-electron chi connectivity index (χ3n) is 4.97. The fraction of sp³-hybridized carbons (Fsp3) is 0.208. The maximum atomic E-state index is 13.2. The van der Waals surface area contributed by atoms with Gasteiger partial charge in [-0.05, 0) is 44.2 Å². The molecular formula is C24H24N4O2S. The first-order valence-electron chi connectivity index (χ1n) is 10.0. The minimum Gasteiger partial charge on any atom is -0.497 e. The SMILES string of the molecule is C=C(C)CN=c1scc(-c2ccc(OC)cc2)n1N=C1C(=O)N(CC)c2ccccc21. The lowest BCUT2D eigenvalue weighted by Crippen LogP contribution is -2.30. The zero-order chi connectivity index (χ0) is 22.0. The van der Waals surface area contributed by atoms with Crippen molar-refractivity contribution in [2.45, 2.75) is 13.8 Å². The van der Waals surface area contributed by atoms with Crippen molar-refractivity contribution in [3.63, 3.8) is 0 Å². The van der Waals surface area contributed by atoms with Gasteiger partial charge in [-0.2, -0.15) is 5.10 Å². The number of para-hydroxylation sites is 1. The van der Waals surface area contributed by atoms with Crippen molar-refractivity contribution in [3.8, 4) is 17.0 Å². The first-order chi connectivity index (χ1) is 15.0. The van der Waals surface area contributed by atoms with Gasteiger partial charge >= 0.3 is 0 Å². The summed E-state index contributed by atoms with van der Waals surface area (Å²) in [5, 5.41) is 6.84. The molecule has 0 saturated carbocycles. The standard InChI is InChI=1S/C24H24N4O2S/c1-5-27-20-9-7-6-8-19(20)22(23(27)29)26-28-21(15-31-24(28)25-14-16(2)3)17-10-12-18(30-4)13-11-17/h6-13,15H,2,5,14H2,1,3-4H3. The maximum absolute atomic E-state index is 13.2. The molecule has 2 aromatic carbocycles. The van der Waals surface area contributed by atoms with Gasteiger partial charge in [-0.25, -0.2) is 4.68 Å². The molecule has 0 spiro atoms. The molecule has 1 aliphatic rings. The summed E-state index contributed by atoms with van der Waals surface area (Å²) in [6.45, 7) is 8.93. The summed E-state index contributed by atoms with van der Waals surface area (Å²) in [7, 11) is 1.64. The molecule has 0 radical (unpaired) electrons. The van der Waals surface area contributed by atoms with Crippen LogP contribution >= 0.6 is 11.3 Å². The van der Waals surface area contributed by atoms with Crippen LogP contribution in [0.4, 0.5) is 5.69 Å². The van der Waals surface area contributed by atoms with Gasteiger partial charge in [0, 0.05) is 23.1 Å². The number of methoxy groups -OCH3 is 1. The quantitative estimate of drug-likeness (QED) is 0.545. The van der Waals surface area contributed by atoms with Crippen LogP contribution in [0.3, 0.4) is 0 Å². The van der Waals surface area contributed by atoms with E-state index in [-0.39, 0.29) is 5.91 Å². The second-order valence-electron chi connectivity index (χ2n) is 7.23. The molecule has 1 amide bonds. The van der Waals surface area contributed by atoms with Gasteiger partial charge in [-0.3, -0.25) is 9.79 Å². The molecule has 0 atom stereocenters. The van der Waals surface area contributed by atoms with E-state index in [0.29, 0.717) is 23.6 Å². The van der Waals surface area contributed by atoms with Gasteiger partial charge in [0.25, 0.3) is 5.91 Å². The average molecular weight is 433 g/mol. The molecule has 6 nitrogen and oxygen atoms in total. The Balaban J connectivity index is 1.90. The molecule has 1 aliphatic heterocycles. The first kappa shape index (κ1) is 20.8. The van der Waals surface area contributed by atoms with Crippen LogP contribution in [0.15, 0.2) is 76.2 Å². The Morgan fingerprint density at radius 1 is 1.16 bits per heavy atom. The summed E-state index contributed by atoms with van der Waals surface area (Å²) in [6, 6.07) is 15.5. The number of likely N-dealkylation sites (N-methyl/N-ethyl adjacent to an activating group) is 1. The number of carbonyl (C=O) groups excluding carboxylic acids is 1. The zero-order valence-corrected chi connectivity index (χ0v) is 18.6. The number of hydrogen-bond acceptors (Lipinski definition) is 5. The fourth-order valence-corrected chi connectivity index (χ4v) is 4.27. The van der Waals surface area contributed by atoms with Gasteiger partial charge in [0.1, 0.15) is 5.75 Å². The lowest BCUT2D eigenvalue weighted by molar-refractivity contribution is -0.112. The number of thiazole rings is 1. The molecule has 4 rings (SSSR count). The average Bonchev–Trinajstić information content (AvgIpc) is 3.31. The van der Waals surface area contributed by atoms with Crippen LogP contribution in [0.5, 0.6) is 5.75 Å². The summed E-state index contributed by atoms with van der Waals surface area (Å²) in [6.07, 6.45) is 0. The van der Waals surface area contributed by atoms with E-state index >= 15 is 0 Å². The van der Waals surface area contributed by atoms with Crippen molar-refractivity contribution in [1.29, 1.82) is 0 Å². The van der Waals surface area contributed by atoms with E-state index in [4.69, 9.17) is 9.84 Å². The van der Waals surface area contributed by atoms with Gasteiger partial charge in [-0.1, -0.05) is 30.4 Å². The van der Waals surface area contributed by atoms with E-state index in [9.17, 15) is 4.79 Å². The maximum Gasteiger partial charge on any atom is 0.279 e. The Bertz CT molecular complexity index is 1230. The number of fused-ring (bicyclic) bond motifs is 1. The smallest absolute Gasteiger partial charge is 0.279 e. The third kappa shape index (κ3) is 3.96. The topological polar surface area (TPSA) is 59.2 Å². The van der Waals surface area contributed by atoms with E-state index in [2.05, 4.69) is 11.6 Å². The van der Waals surface area contributed by atoms with Gasteiger partial charge < -0.3 is 9.64 Å². The highest BCUT2D eigenvalue weighted by molar-refractivity contribution is 7.07. The monoisotopic (exact) mass is 432 g/mol. The molecule has 0 bridgehead atoms. The molecule has 0 saturated heterocycles. The molecule has 2 heterocycles. The number of hydrogen-bond donors (Lipinski definition) is 0. The number of anilines is 1. The van der Waals surface area contributed by atoms with Crippen LogP contribution in [0.25, 0.3) is 11.3 Å². The van der Waals surface area contributed by atoms with Crippen LogP contribution in [0.2, 0.25) is 0 Å². The van der Waals surface area contributed by atoms with Crippen molar-refractivity contribution in [3.05, 3.63) is 76.4 Å².